The van der Waals surface area contributed by atoms with Crippen molar-refractivity contribution in [2.45, 2.75) is 12.8 Å². The fourth-order valence-corrected chi connectivity index (χ4v) is 1.77. The molecule has 8 heteroatoms. The van der Waals surface area contributed by atoms with Gasteiger partial charge in [0, 0.05) is 11.6 Å². The Balaban J connectivity index is 0.000000471. The zero-order valence-corrected chi connectivity index (χ0v) is 11.9. The lowest BCUT2D eigenvalue weighted by Gasteiger charge is -2.01. The summed E-state index contributed by atoms with van der Waals surface area (Å²) in [7, 11) is -3.67. The van der Waals surface area contributed by atoms with Crippen molar-refractivity contribution < 1.29 is 23.2 Å². The van der Waals surface area contributed by atoms with Crippen LogP contribution < -0.4 is 5.32 Å². The lowest BCUT2D eigenvalue weighted by atomic mass is 10.1. The fourth-order valence-electron chi connectivity index (χ4n) is 1.55. The van der Waals surface area contributed by atoms with Crippen molar-refractivity contribution in [3.05, 3.63) is 29.3 Å². The zero-order chi connectivity index (χ0) is 13.8. The summed E-state index contributed by atoms with van der Waals surface area (Å²) in [5.74, 6) is 0.707. The molecule has 0 radical (unpaired) electrons. The molecule has 1 aliphatic rings. The SMILES string of the molecule is CS(=O)(=O)O.O.O=C1Cc2cc(CCCl)ccc2N1. The summed E-state index contributed by atoms with van der Waals surface area (Å²) in [5.41, 5.74) is 3.24. The largest absolute Gasteiger partial charge is 0.412 e. The lowest BCUT2D eigenvalue weighted by Crippen LogP contribution is -2.03. The van der Waals surface area contributed by atoms with Crippen LogP contribution in [0.2, 0.25) is 0 Å². The first-order valence-electron chi connectivity index (χ1n) is 5.19. The molecule has 2 rings (SSSR count). The zero-order valence-electron chi connectivity index (χ0n) is 10.3. The van der Waals surface area contributed by atoms with Gasteiger partial charge in [0.05, 0.1) is 12.7 Å². The predicted octanol–water partition coefficient (Wildman–Crippen LogP) is 0.642. The lowest BCUT2D eigenvalue weighted by molar-refractivity contribution is -0.115. The molecular formula is C11H16ClNO5S. The van der Waals surface area contributed by atoms with E-state index in [0.29, 0.717) is 18.6 Å². The molecule has 1 heterocycles. The number of fused-ring (bicyclic) bond motifs is 1. The molecule has 0 atom stereocenters. The minimum Gasteiger partial charge on any atom is -0.412 e. The second-order valence-electron chi connectivity index (χ2n) is 3.89. The Labute approximate surface area is 116 Å². The Bertz CT molecular complexity index is 536. The van der Waals surface area contributed by atoms with E-state index in [4.69, 9.17) is 16.2 Å². The van der Waals surface area contributed by atoms with E-state index >= 15 is 0 Å². The first kappa shape index (κ1) is 17.8. The summed E-state index contributed by atoms with van der Waals surface area (Å²) in [6, 6.07) is 6.00. The number of alkyl halides is 1. The smallest absolute Gasteiger partial charge is 0.261 e. The van der Waals surface area contributed by atoms with E-state index in [-0.39, 0.29) is 11.4 Å². The number of nitrogens with one attached hydrogen (secondary N) is 1. The number of hydrogen-bond acceptors (Lipinski definition) is 3. The molecule has 1 amide bonds. The third kappa shape index (κ3) is 7.12. The van der Waals surface area contributed by atoms with Crippen LogP contribution in [-0.4, -0.2) is 36.5 Å². The minimum atomic E-state index is -3.67. The first-order valence-corrected chi connectivity index (χ1v) is 7.58. The van der Waals surface area contributed by atoms with Crippen LogP contribution in [0.1, 0.15) is 11.1 Å². The highest BCUT2D eigenvalue weighted by atomic mass is 35.5. The number of amides is 1. The number of carbonyl (C=O) groups excluding carboxylic acids is 1. The van der Waals surface area contributed by atoms with E-state index in [2.05, 4.69) is 11.4 Å². The van der Waals surface area contributed by atoms with Gasteiger partial charge in [-0.15, -0.1) is 11.6 Å². The molecule has 0 saturated carbocycles. The van der Waals surface area contributed by atoms with Crippen molar-refractivity contribution in [1.82, 2.24) is 0 Å². The maximum absolute atomic E-state index is 11.0. The average molecular weight is 310 g/mol. The molecule has 108 valence electrons. The Morgan fingerprint density at radius 3 is 2.53 bits per heavy atom. The standard InChI is InChI=1S/C10H10ClNO.CH4O3S.H2O/c11-4-3-7-1-2-9-8(5-7)6-10(13)12-9;1-5(2,3)4;/h1-2,5H,3-4,6H2,(H,12,13);1H3,(H,2,3,4);1H2. The summed E-state index contributed by atoms with van der Waals surface area (Å²) in [6.45, 7) is 0. The van der Waals surface area contributed by atoms with Gasteiger partial charge in [-0.3, -0.25) is 9.35 Å². The number of anilines is 1. The molecule has 1 aromatic carbocycles. The summed E-state index contributed by atoms with van der Waals surface area (Å²) in [4.78, 5) is 11.0. The number of halogens is 1. The van der Waals surface area contributed by atoms with Crippen molar-refractivity contribution in [2.24, 2.45) is 0 Å². The molecule has 1 aromatic rings. The van der Waals surface area contributed by atoms with E-state index in [0.717, 1.165) is 17.7 Å². The van der Waals surface area contributed by atoms with Gasteiger partial charge in [0.2, 0.25) is 5.91 Å². The monoisotopic (exact) mass is 309 g/mol. The van der Waals surface area contributed by atoms with Crippen LogP contribution >= 0.6 is 11.6 Å². The van der Waals surface area contributed by atoms with Crippen LogP contribution in [0.3, 0.4) is 0 Å². The van der Waals surface area contributed by atoms with Gasteiger partial charge in [-0.1, -0.05) is 12.1 Å². The first-order chi connectivity index (χ1) is 8.29. The average Bonchev–Trinajstić information content (AvgIpc) is 2.55. The van der Waals surface area contributed by atoms with E-state index < -0.39 is 10.1 Å². The van der Waals surface area contributed by atoms with Gasteiger partial charge in [-0.05, 0) is 23.6 Å². The highest BCUT2D eigenvalue weighted by Gasteiger charge is 2.16. The van der Waals surface area contributed by atoms with Crippen molar-refractivity contribution in [3.8, 4) is 0 Å². The Hall–Kier alpha value is -1.15. The number of rotatable bonds is 2. The maximum Gasteiger partial charge on any atom is 0.261 e. The molecule has 0 spiro atoms. The van der Waals surface area contributed by atoms with Crippen LogP contribution in [0, 0.1) is 0 Å². The van der Waals surface area contributed by atoms with Gasteiger partial charge in [0.25, 0.3) is 10.1 Å². The van der Waals surface area contributed by atoms with Crippen LogP contribution in [0.5, 0.6) is 0 Å². The number of aryl methyl sites for hydroxylation is 1. The number of carbonyl (C=O) groups is 1. The van der Waals surface area contributed by atoms with Crippen LogP contribution in [0.15, 0.2) is 18.2 Å². The number of benzene rings is 1. The molecule has 0 fully saturated rings. The summed E-state index contributed by atoms with van der Waals surface area (Å²) in [5, 5.41) is 2.79. The van der Waals surface area contributed by atoms with Crippen LogP contribution in [0.25, 0.3) is 0 Å². The Morgan fingerprint density at radius 1 is 1.42 bits per heavy atom. The van der Waals surface area contributed by atoms with E-state index in [1.807, 2.05) is 12.1 Å². The fraction of sp³-hybridized carbons (Fsp3) is 0.364. The van der Waals surface area contributed by atoms with E-state index in [9.17, 15) is 13.2 Å². The molecule has 19 heavy (non-hydrogen) atoms. The Kier molecular flexibility index (Phi) is 6.99. The topological polar surface area (TPSA) is 115 Å². The van der Waals surface area contributed by atoms with Crippen LogP contribution in [-0.2, 0) is 27.8 Å². The molecule has 1 aliphatic heterocycles. The third-order valence-electron chi connectivity index (χ3n) is 2.18. The second kappa shape index (κ2) is 7.44. The molecule has 0 saturated heterocycles. The Morgan fingerprint density at radius 2 is 2.00 bits per heavy atom. The van der Waals surface area contributed by atoms with Gasteiger partial charge >= 0.3 is 0 Å². The van der Waals surface area contributed by atoms with Gasteiger partial charge in [0.15, 0.2) is 0 Å². The van der Waals surface area contributed by atoms with Crippen molar-refractivity contribution in [3.63, 3.8) is 0 Å². The summed E-state index contributed by atoms with van der Waals surface area (Å²) in [6.07, 6.45) is 2.08. The van der Waals surface area contributed by atoms with Crippen molar-refractivity contribution in [2.75, 3.05) is 17.5 Å². The third-order valence-corrected chi connectivity index (χ3v) is 2.37. The molecule has 0 bridgehead atoms. The predicted molar refractivity (Wildman–Crippen MR) is 74.3 cm³/mol. The highest BCUT2D eigenvalue weighted by molar-refractivity contribution is 7.85. The highest BCUT2D eigenvalue weighted by Crippen LogP contribution is 2.23. The van der Waals surface area contributed by atoms with Gasteiger partial charge in [0.1, 0.15) is 0 Å². The molecule has 6 nitrogen and oxygen atoms in total. The van der Waals surface area contributed by atoms with Crippen LogP contribution in [0.4, 0.5) is 5.69 Å². The summed E-state index contributed by atoms with van der Waals surface area (Å²) >= 11 is 5.63. The maximum atomic E-state index is 11.0. The second-order valence-corrected chi connectivity index (χ2v) is 5.73. The van der Waals surface area contributed by atoms with Gasteiger partial charge in [-0.25, -0.2) is 0 Å². The molecule has 0 unspecified atom stereocenters. The van der Waals surface area contributed by atoms with E-state index in [1.54, 1.807) is 0 Å². The van der Waals surface area contributed by atoms with Crippen molar-refractivity contribution in [1.29, 1.82) is 0 Å². The van der Waals surface area contributed by atoms with Gasteiger partial charge < -0.3 is 10.8 Å². The van der Waals surface area contributed by atoms with Gasteiger partial charge in [-0.2, -0.15) is 8.42 Å². The number of hydrogen-bond donors (Lipinski definition) is 2. The normalized spacial score (nSPS) is 12.7. The minimum absolute atomic E-state index is 0. The van der Waals surface area contributed by atoms with E-state index in [1.165, 1.54) is 5.56 Å². The molecule has 4 N–H and O–H groups in total. The summed E-state index contributed by atoms with van der Waals surface area (Å²) < 4.78 is 25.9. The quantitative estimate of drug-likeness (QED) is 0.616. The molecule has 0 aliphatic carbocycles. The molecular weight excluding hydrogens is 294 g/mol. The van der Waals surface area contributed by atoms with Crippen molar-refractivity contribution >= 4 is 33.3 Å². The molecule has 0 aromatic heterocycles.